The Balaban J connectivity index is 1.54. The molecule has 4 aromatic rings. The highest BCUT2D eigenvalue weighted by Gasteiger charge is 2.32. The summed E-state index contributed by atoms with van der Waals surface area (Å²) in [5, 5.41) is 22.8. The van der Waals surface area contributed by atoms with Crippen LogP contribution >= 0.6 is 0 Å². The monoisotopic (exact) mass is 511 g/mol. The number of carbonyl (C=O) groups is 1. The number of aromatic nitrogens is 2. The number of rotatable bonds is 6. The van der Waals surface area contributed by atoms with Crippen molar-refractivity contribution in [2.24, 2.45) is 0 Å². The summed E-state index contributed by atoms with van der Waals surface area (Å²) in [7, 11) is 0. The molecule has 2 aromatic heterocycles. The Bertz CT molecular complexity index is 1550. The van der Waals surface area contributed by atoms with Crippen molar-refractivity contribution in [3.63, 3.8) is 0 Å². The zero-order valence-electron chi connectivity index (χ0n) is 19.1. The van der Waals surface area contributed by atoms with Gasteiger partial charge in [0, 0.05) is 23.7 Å². The predicted molar refractivity (Wildman–Crippen MR) is 128 cm³/mol. The van der Waals surface area contributed by atoms with Gasteiger partial charge in [-0.15, -0.1) is 0 Å². The Hall–Kier alpha value is -4.38. The fraction of sp³-hybridized carbons (Fsp3) is 0.192. The highest BCUT2D eigenvalue weighted by Crippen LogP contribution is 2.39. The Kier molecular flexibility index (Phi) is 6.08. The summed E-state index contributed by atoms with van der Waals surface area (Å²) in [5.41, 5.74) is 0.834. The summed E-state index contributed by atoms with van der Waals surface area (Å²) in [6.45, 7) is -0.408. The van der Waals surface area contributed by atoms with Gasteiger partial charge in [-0.1, -0.05) is 36.4 Å². The number of nitrogens with zero attached hydrogens (tertiary/aromatic N) is 2. The molecule has 8 nitrogen and oxygen atoms in total. The van der Waals surface area contributed by atoms with Gasteiger partial charge in [0.25, 0.3) is 5.56 Å². The SMILES string of the molecule is O=C(O)CNCc1c(O)c2cccc3c2n(c1=O)C(c1ccc(-c2ccc(C(F)(F)F)nc2)cc1)CO3. The van der Waals surface area contributed by atoms with E-state index in [1.165, 1.54) is 10.6 Å². The summed E-state index contributed by atoms with van der Waals surface area (Å²) in [6, 6.07) is 13.7. The van der Waals surface area contributed by atoms with Gasteiger partial charge in [-0.25, -0.2) is 0 Å². The number of halogens is 3. The lowest BCUT2D eigenvalue weighted by Gasteiger charge is -2.30. The smallest absolute Gasteiger partial charge is 0.433 e. The second-order valence-corrected chi connectivity index (χ2v) is 8.53. The fourth-order valence-electron chi connectivity index (χ4n) is 4.46. The van der Waals surface area contributed by atoms with E-state index in [9.17, 15) is 27.9 Å². The lowest BCUT2D eigenvalue weighted by atomic mass is 9.99. The zero-order chi connectivity index (χ0) is 26.3. The van der Waals surface area contributed by atoms with E-state index in [2.05, 4.69) is 10.3 Å². The maximum absolute atomic E-state index is 13.5. The number of pyridine rings is 2. The molecule has 1 aliphatic heterocycles. The van der Waals surface area contributed by atoms with Crippen LogP contribution < -0.4 is 15.6 Å². The van der Waals surface area contributed by atoms with Crippen LogP contribution in [-0.4, -0.2) is 38.9 Å². The molecule has 11 heteroatoms. The van der Waals surface area contributed by atoms with Crippen LogP contribution in [0.4, 0.5) is 13.2 Å². The van der Waals surface area contributed by atoms with Crippen LogP contribution in [0.15, 0.2) is 65.6 Å². The lowest BCUT2D eigenvalue weighted by molar-refractivity contribution is -0.141. The highest BCUT2D eigenvalue weighted by molar-refractivity contribution is 5.91. The molecule has 0 saturated heterocycles. The first-order valence-electron chi connectivity index (χ1n) is 11.2. The van der Waals surface area contributed by atoms with Crippen LogP contribution in [0.1, 0.15) is 22.9 Å². The molecule has 0 amide bonds. The van der Waals surface area contributed by atoms with Crippen molar-refractivity contribution in [1.29, 1.82) is 0 Å². The minimum Gasteiger partial charge on any atom is -0.507 e. The number of aromatic hydroxyl groups is 1. The molecule has 0 fully saturated rings. The van der Waals surface area contributed by atoms with Gasteiger partial charge in [-0.2, -0.15) is 13.2 Å². The minimum absolute atomic E-state index is 0.0326. The van der Waals surface area contributed by atoms with Gasteiger partial charge in [0.1, 0.15) is 23.8 Å². The number of hydrogen-bond donors (Lipinski definition) is 3. The number of carboxylic acids is 1. The molecule has 37 heavy (non-hydrogen) atoms. The number of alkyl halides is 3. The van der Waals surface area contributed by atoms with Crippen molar-refractivity contribution in [1.82, 2.24) is 14.9 Å². The summed E-state index contributed by atoms with van der Waals surface area (Å²) in [5.74, 6) is -0.914. The van der Waals surface area contributed by atoms with Crippen molar-refractivity contribution in [2.75, 3.05) is 13.2 Å². The van der Waals surface area contributed by atoms with Crippen LogP contribution in [0, 0.1) is 0 Å². The van der Waals surface area contributed by atoms with Crippen molar-refractivity contribution in [3.05, 3.63) is 88.0 Å². The van der Waals surface area contributed by atoms with Crippen molar-refractivity contribution < 1.29 is 32.9 Å². The molecule has 1 unspecified atom stereocenters. The normalized spacial score (nSPS) is 14.9. The van der Waals surface area contributed by atoms with Crippen LogP contribution in [-0.2, 0) is 17.5 Å². The third-order valence-corrected chi connectivity index (χ3v) is 6.23. The topological polar surface area (TPSA) is 114 Å². The molecule has 3 N–H and O–H groups in total. The zero-order valence-corrected chi connectivity index (χ0v) is 19.1. The first-order valence-corrected chi connectivity index (χ1v) is 11.2. The average Bonchev–Trinajstić information content (AvgIpc) is 2.88. The summed E-state index contributed by atoms with van der Waals surface area (Å²) < 4.78 is 45.9. The van der Waals surface area contributed by atoms with Crippen LogP contribution in [0.5, 0.6) is 11.5 Å². The lowest BCUT2D eigenvalue weighted by Crippen LogP contribution is -2.36. The van der Waals surface area contributed by atoms with E-state index in [0.29, 0.717) is 33.3 Å². The molecule has 0 radical (unpaired) electrons. The Morgan fingerprint density at radius 1 is 1.11 bits per heavy atom. The summed E-state index contributed by atoms with van der Waals surface area (Å²) >= 11 is 0. The van der Waals surface area contributed by atoms with Crippen molar-refractivity contribution >= 4 is 16.9 Å². The Morgan fingerprint density at radius 2 is 1.84 bits per heavy atom. The van der Waals surface area contributed by atoms with Gasteiger partial charge in [0.05, 0.1) is 23.7 Å². The second-order valence-electron chi connectivity index (χ2n) is 8.53. The molecular formula is C26H20F3N3O5. The molecule has 190 valence electrons. The predicted octanol–water partition coefficient (Wildman–Crippen LogP) is 3.94. The number of para-hydroxylation sites is 1. The molecule has 2 aromatic carbocycles. The second kappa shape index (κ2) is 9.25. The van der Waals surface area contributed by atoms with E-state index in [0.717, 1.165) is 12.3 Å². The standard InChI is InChI=1S/C26H20F3N3O5/c27-26(28,29)21-9-8-16(10-31-21)14-4-6-15(7-5-14)19-13-37-20-3-1-2-17-23(20)32(19)25(36)18(24(17)35)11-30-12-22(33)34/h1-10,19,30,35H,11-13H2,(H,33,34). The largest absolute Gasteiger partial charge is 0.507 e. The number of nitrogens with one attached hydrogen (secondary N) is 1. The molecule has 1 atom stereocenters. The first kappa shape index (κ1) is 24.3. The molecule has 0 spiro atoms. The fourth-order valence-corrected chi connectivity index (χ4v) is 4.46. The van der Waals surface area contributed by atoms with Crippen LogP contribution in [0.2, 0.25) is 0 Å². The minimum atomic E-state index is -4.52. The molecule has 5 rings (SSSR count). The van der Waals surface area contributed by atoms with Crippen LogP contribution in [0.25, 0.3) is 22.0 Å². The molecular weight excluding hydrogens is 491 g/mol. The van der Waals surface area contributed by atoms with Crippen molar-refractivity contribution in [3.8, 4) is 22.6 Å². The maximum Gasteiger partial charge on any atom is 0.433 e. The number of hydrogen-bond acceptors (Lipinski definition) is 6. The van der Waals surface area contributed by atoms with Gasteiger partial charge in [0.15, 0.2) is 0 Å². The highest BCUT2D eigenvalue weighted by atomic mass is 19.4. The van der Waals surface area contributed by atoms with E-state index in [1.807, 2.05) is 0 Å². The first-order chi connectivity index (χ1) is 17.6. The van der Waals surface area contributed by atoms with Gasteiger partial charge >= 0.3 is 12.1 Å². The van der Waals surface area contributed by atoms with E-state index < -0.39 is 29.4 Å². The molecule has 1 aliphatic rings. The molecule has 0 saturated carbocycles. The van der Waals surface area contributed by atoms with Gasteiger partial charge < -0.3 is 20.3 Å². The quantitative estimate of drug-likeness (QED) is 0.359. The van der Waals surface area contributed by atoms with Crippen LogP contribution in [0.3, 0.4) is 0 Å². The number of benzene rings is 2. The summed E-state index contributed by atoms with van der Waals surface area (Å²) in [4.78, 5) is 27.9. The van der Waals surface area contributed by atoms with Gasteiger partial charge in [-0.05, 0) is 29.3 Å². The number of carboxylic acid groups (broad SMARTS) is 1. The van der Waals surface area contributed by atoms with E-state index in [1.54, 1.807) is 42.5 Å². The average molecular weight is 511 g/mol. The van der Waals surface area contributed by atoms with E-state index >= 15 is 0 Å². The third kappa shape index (κ3) is 4.49. The Labute approximate surface area is 207 Å². The van der Waals surface area contributed by atoms with Gasteiger partial charge in [-0.3, -0.25) is 19.1 Å². The number of aliphatic carboxylic acids is 1. The van der Waals surface area contributed by atoms with Gasteiger partial charge in [0.2, 0.25) is 0 Å². The maximum atomic E-state index is 13.5. The summed E-state index contributed by atoms with van der Waals surface area (Å²) in [6.07, 6.45) is -3.37. The number of ether oxygens (including phenoxy) is 1. The third-order valence-electron chi connectivity index (χ3n) is 6.23. The van der Waals surface area contributed by atoms with E-state index in [-0.39, 0.29) is 31.0 Å². The Morgan fingerprint density at radius 3 is 2.49 bits per heavy atom. The van der Waals surface area contributed by atoms with E-state index in [4.69, 9.17) is 9.84 Å². The molecule has 0 bridgehead atoms. The molecule has 0 aliphatic carbocycles. The molecule has 3 heterocycles. The van der Waals surface area contributed by atoms with Crippen molar-refractivity contribution in [2.45, 2.75) is 18.8 Å².